The summed E-state index contributed by atoms with van der Waals surface area (Å²) in [7, 11) is 0. The Kier molecular flexibility index (Phi) is 7.85. The summed E-state index contributed by atoms with van der Waals surface area (Å²) in [5.74, 6) is 0. The Bertz CT molecular complexity index is 2910. The fourth-order valence-corrected chi connectivity index (χ4v) is 8.10. The lowest BCUT2D eigenvalue weighted by Crippen LogP contribution is -2.12. The Hall–Kier alpha value is -7.16. The molecule has 0 atom stereocenters. The monoisotopic (exact) mass is 688 g/mol. The molecule has 1 heterocycles. The molecular formula is C52H36N2. The van der Waals surface area contributed by atoms with Gasteiger partial charge in [0.2, 0.25) is 0 Å². The average Bonchev–Trinajstić information content (AvgIpc) is 3.59. The van der Waals surface area contributed by atoms with Crippen LogP contribution < -0.4 is 4.90 Å². The number of fused-ring (bicyclic) bond motifs is 4. The molecule has 2 nitrogen and oxygen atoms in total. The molecule has 0 aliphatic rings. The van der Waals surface area contributed by atoms with Gasteiger partial charge in [0, 0.05) is 38.8 Å². The van der Waals surface area contributed by atoms with Gasteiger partial charge in [0.15, 0.2) is 0 Å². The van der Waals surface area contributed by atoms with Gasteiger partial charge in [-0.05, 0) is 75.7 Å². The molecule has 10 aromatic rings. The average molecular weight is 689 g/mol. The smallest absolute Gasteiger partial charge is 0.0618 e. The van der Waals surface area contributed by atoms with Crippen LogP contribution >= 0.6 is 0 Å². The summed E-state index contributed by atoms with van der Waals surface area (Å²) in [6.45, 7) is 0. The van der Waals surface area contributed by atoms with Gasteiger partial charge in [-0.1, -0.05) is 176 Å². The quantitative estimate of drug-likeness (QED) is 0.162. The van der Waals surface area contributed by atoms with Gasteiger partial charge in [-0.15, -0.1) is 0 Å². The summed E-state index contributed by atoms with van der Waals surface area (Å²) in [6, 6.07) is 78.9. The fraction of sp³-hybridized carbons (Fsp3) is 0. The maximum absolute atomic E-state index is 2.46. The van der Waals surface area contributed by atoms with E-state index in [0.29, 0.717) is 0 Å². The molecule has 0 amide bonds. The van der Waals surface area contributed by atoms with Crippen LogP contribution in [0, 0.1) is 0 Å². The van der Waals surface area contributed by atoms with E-state index in [9.17, 15) is 0 Å². The van der Waals surface area contributed by atoms with Gasteiger partial charge in [-0.25, -0.2) is 0 Å². The first-order valence-corrected chi connectivity index (χ1v) is 18.5. The Morgan fingerprint density at radius 2 is 0.833 bits per heavy atom. The van der Waals surface area contributed by atoms with Crippen molar-refractivity contribution in [3.8, 4) is 39.1 Å². The summed E-state index contributed by atoms with van der Waals surface area (Å²) < 4.78 is 2.40. The van der Waals surface area contributed by atoms with Gasteiger partial charge < -0.3 is 9.47 Å². The third-order valence-electron chi connectivity index (χ3n) is 10.6. The fourth-order valence-electron chi connectivity index (χ4n) is 8.10. The zero-order valence-corrected chi connectivity index (χ0v) is 29.7. The number of aromatic nitrogens is 1. The van der Waals surface area contributed by atoms with E-state index >= 15 is 0 Å². The number of rotatable bonds is 7. The van der Waals surface area contributed by atoms with Gasteiger partial charge in [0.25, 0.3) is 0 Å². The molecule has 9 aromatic carbocycles. The molecule has 2 heteroatoms. The lowest BCUT2D eigenvalue weighted by atomic mass is 9.94. The van der Waals surface area contributed by atoms with Crippen LogP contribution in [0.1, 0.15) is 0 Å². The first-order chi connectivity index (χ1) is 26.8. The Balaban J connectivity index is 1.23. The minimum atomic E-state index is 1.09. The maximum atomic E-state index is 2.46. The van der Waals surface area contributed by atoms with Crippen molar-refractivity contribution < 1.29 is 0 Å². The zero-order valence-electron chi connectivity index (χ0n) is 29.7. The van der Waals surface area contributed by atoms with Crippen molar-refractivity contribution in [3.63, 3.8) is 0 Å². The molecule has 1 aromatic heterocycles. The number of nitrogens with zero attached hydrogens (tertiary/aromatic N) is 2. The second-order valence-electron chi connectivity index (χ2n) is 13.7. The molecule has 54 heavy (non-hydrogen) atoms. The topological polar surface area (TPSA) is 8.17 Å². The summed E-state index contributed by atoms with van der Waals surface area (Å²) in [4.78, 5) is 2.46. The van der Waals surface area contributed by atoms with Crippen molar-refractivity contribution in [2.45, 2.75) is 0 Å². The maximum Gasteiger partial charge on any atom is 0.0618 e. The lowest BCUT2D eigenvalue weighted by molar-refractivity contribution is 1.18. The van der Waals surface area contributed by atoms with Crippen molar-refractivity contribution in [2.24, 2.45) is 0 Å². The third-order valence-corrected chi connectivity index (χ3v) is 10.6. The highest BCUT2D eigenvalue weighted by Crippen LogP contribution is 2.47. The molecule has 0 spiro atoms. The van der Waals surface area contributed by atoms with Crippen LogP contribution in [0.25, 0.3) is 71.6 Å². The normalized spacial score (nSPS) is 11.3. The van der Waals surface area contributed by atoms with E-state index in [1.165, 1.54) is 66.0 Å². The predicted octanol–water partition coefficient (Wildman–Crippen LogP) is 14.4. The summed E-state index contributed by atoms with van der Waals surface area (Å²) in [5, 5.41) is 4.87. The number of hydrogen-bond donors (Lipinski definition) is 0. The molecule has 0 aliphatic heterocycles. The number of anilines is 3. The minimum absolute atomic E-state index is 1.09. The van der Waals surface area contributed by atoms with E-state index in [2.05, 4.69) is 228 Å². The molecule has 0 unspecified atom stereocenters. The van der Waals surface area contributed by atoms with Crippen LogP contribution in [0.15, 0.2) is 218 Å². The van der Waals surface area contributed by atoms with Crippen LogP contribution in [-0.2, 0) is 0 Å². The van der Waals surface area contributed by atoms with E-state index in [1.807, 2.05) is 0 Å². The van der Waals surface area contributed by atoms with Gasteiger partial charge in [-0.3, -0.25) is 0 Å². The van der Waals surface area contributed by atoms with Crippen molar-refractivity contribution >= 4 is 49.6 Å². The molecule has 0 fully saturated rings. The van der Waals surface area contributed by atoms with E-state index in [1.54, 1.807) is 0 Å². The van der Waals surface area contributed by atoms with Crippen molar-refractivity contribution in [2.75, 3.05) is 4.90 Å². The Morgan fingerprint density at radius 1 is 0.315 bits per heavy atom. The standard InChI is InChI=1S/C52H36N2/c1-4-16-37(17-5-1)44-23-12-13-24-45(44)40-28-31-42(32-29-40)53(52-46-25-11-10-20-39(46)30-34-47(52)38-18-6-2-7-19-38)43-33-35-49-48-26-14-15-27-50(48)54(51(49)36-43)41-21-8-3-9-22-41/h1-36H. The highest BCUT2D eigenvalue weighted by molar-refractivity contribution is 6.12. The van der Waals surface area contributed by atoms with Gasteiger partial charge >= 0.3 is 0 Å². The van der Waals surface area contributed by atoms with Crippen LogP contribution in [0.2, 0.25) is 0 Å². The molecule has 254 valence electrons. The number of benzene rings is 9. The van der Waals surface area contributed by atoms with Gasteiger partial charge in [0.1, 0.15) is 0 Å². The zero-order chi connectivity index (χ0) is 35.8. The van der Waals surface area contributed by atoms with Crippen LogP contribution in [0.4, 0.5) is 17.1 Å². The largest absolute Gasteiger partial charge is 0.309 e. The SMILES string of the molecule is c1ccc(-c2ccccc2-c2ccc(N(c3ccc4c5ccccc5n(-c5ccccc5)c4c3)c3c(-c4ccccc4)ccc4ccccc34)cc2)cc1. The molecule has 0 saturated heterocycles. The number of para-hydroxylation sites is 2. The van der Waals surface area contributed by atoms with E-state index in [4.69, 9.17) is 0 Å². The van der Waals surface area contributed by atoms with Crippen LogP contribution in [-0.4, -0.2) is 4.57 Å². The summed E-state index contributed by atoms with van der Waals surface area (Å²) in [5.41, 5.74) is 14.0. The molecule has 10 rings (SSSR count). The highest BCUT2D eigenvalue weighted by Gasteiger charge is 2.22. The number of hydrogen-bond acceptors (Lipinski definition) is 1. The van der Waals surface area contributed by atoms with E-state index in [0.717, 1.165) is 22.7 Å². The molecule has 0 N–H and O–H groups in total. The third kappa shape index (κ3) is 5.44. The summed E-state index contributed by atoms with van der Waals surface area (Å²) in [6.07, 6.45) is 0. The molecular weight excluding hydrogens is 653 g/mol. The van der Waals surface area contributed by atoms with Crippen LogP contribution in [0.3, 0.4) is 0 Å². The molecule has 0 aliphatic carbocycles. The van der Waals surface area contributed by atoms with Crippen molar-refractivity contribution in [3.05, 3.63) is 218 Å². The molecule has 0 radical (unpaired) electrons. The predicted molar refractivity (Wildman–Crippen MR) is 229 cm³/mol. The first kappa shape index (κ1) is 31.6. The second-order valence-corrected chi connectivity index (χ2v) is 13.7. The molecule has 0 saturated carbocycles. The Labute approximate surface area is 315 Å². The lowest BCUT2D eigenvalue weighted by Gasteiger charge is -2.30. The highest BCUT2D eigenvalue weighted by atomic mass is 15.1. The first-order valence-electron chi connectivity index (χ1n) is 18.5. The second kappa shape index (κ2) is 13.4. The minimum Gasteiger partial charge on any atom is -0.309 e. The van der Waals surface area contributed by atoms with Crippen molar-refractivity contribution in [1.29, 1.82) is 0 Å². The summed E-state index contributed by atoms with van der Waals surface area (Å²) >= 11 is 0. The van der Waals surface area contributed by atoms with Crippen LogP contribution in [0.5, 0.6) is 0 Å². The van der Waals surface area contributed by atoms with E-state index in [-0.39, 0.29) is 0 Å². The molecule has 0 bridgehead atoms. The van der Waals surface area contributed by atoms with E-state index < -0.39 is 0 Å². The Morgan fingerprint density at radius 3 is 1.54 bits per heavy atom. The van der Waals surface area contributed by atoms with Gasteiger partial charge in [0.05, 0.1) is 16.7 Å². The van der Waals surface area contributed by atoms with Crippen molar-refractivity contribution in [1.82, 2.24) is 4.57 Å². The van der Waals surface area contributed by atoms with Gasteiger partial charge in [-0.2, -0.15) is 0 Å².